The van der Waals surface area contributed by atoms with Crippen LogP contribution in [-0.2, 0) is 30.2 Å². The van der Waals surface area contributed by atoms with Gasteiger partial charge < -0.3 is 10.1 Å². The highest BCUT2D eigenvalue weighted by molar-refractivity contribution is 7.86. The van der Waals surface area contributed by atoms with Crippen molar-refractivity contribution in [1.82, 2.24) is 23.7 Å². The lowest BCUT2D eigenvalue weighted by Gasteiger charge is -2.32. The molecule has 0 bridgehead atoms. The minimum Gasteiger partial charge on any atom is -0.496 e. The summed E-state index contributed by atoms with van der Waals surface area (Å²) < 4.78 is 34.4. The summed E-state index contributed by atoms with van der Waals surface area (Å²) in [5.74, 6) is 0.833. The molecule has 1 aromatic carbocycles. The van der Waals surface area contributed by atoms with E-state index >= 15 is 0 Å². The first-order chi connectivity index (χ1) is 14.7. The Balaban J connectivity index is 1.62. The molecule has 0 atom stereocenters. The van der Waals surface area contributed by atoms with Crippen molar-refractivity contribution in [2.45, 2.75) is 25.8 Å². The zero-order chi connectivity index (χ0) is 22.6. The van der Waals surface area contributed by atoms with Gasteiger partial charge >= 0.3 is 0 Å². The molecule has 0 aliphatic carbocycles. The van der Waals surface area contributed by atoms with E-state index in [1.807, 2.05) is 24.3 Å². The van der Waals surface area contributed by atoms with Crippen LogP contribution in [0, 0.1) is 5.92 Å². The van der Waals surface area contributed by atoms with Crippen molar-refractivity contribution < 1.29 is 17.9 Å². The van der Waals surface area contributed by atoms with E-state index in [2.05, 4.69) is 10.4 Å². The molecule has 1 aliphatic rings. The molecule has 2 aromatic rings. The standard InChI is InChI=1S/C21H31N5O4S/c1-24(2)31(28,29)26-11-9-16(10-12-26)13-19-18(15-25(3)23-19)21(27)22-14-17-7-5-6-8-20(17)30-4/h5-8,15-16H,9-14H2,1-4H3,(H,22,27). The molecule has 9 nitrogen and oxygen atoms in total. The number of carbonyl (C=O) groups excluding carboxylic acids is 1. The topological polar surface area (TPSA) is 96.8 Å². The van der Waals surface area contributed by atoms with Crippen molar-refractivity contribution in [2.75, 3.05) is 34.3 Å². The van der Waals surface area contributed by atoms with Crippen LogP contribution >= 0.6 is 0 Å². The van der Waals surface area contributed by atoms with E-state index in [0.29, 0.717) is 31.6 Å². The van der Waals surface area contributed by atoms with Gasteiger partial charge in [-0.3, -0.25) is 9.48 Å². The molecule has 1 amide bonds. The summed E-state index contributed by atoms with van der Waals surface area (Å²) in [6, 6.07) is 7.57. The number of rotatable bonds is 8. The number of para-hydroxylation sites is 1. The Morgan fingerprint density at radius 3 is 2.58 bits per heavy atom. The van der Waals surface area contributed by atoms with E-state index in [0.717, 1.165) is 29.8 Å². The van der Waals surface area contributed by atoms with Gasteiger partial charge in [0.2, 0.25) is 0 Å². The highest BCUT2D eigenvalue weighted by atomic mass is 32.2. The predicted molar refractivity (Wildman–Crippen MR) is 118 cm³/mol. The number of benzene rings is 1. The van der Waals surface area contributed by atoms with Crippen LogP contribution in [0.2, 0.25) is 0 Å². The van der Waals surface area contributed by atoms with E-state index in [9.17, 15) is 13.2 Å². The van der Waals surface area contributed by atoms with E-state index in [1.165, 1.54) is 8.61 Å². The summed E-state index contributed by atoms with van der Waals surface area (Å²) in [6.45, 7) is 1.32. The fourth-order valence-electron chi connectivity index (χ4n) is 3.84. The van der Waals surface area contributed by atoms with Gasteiger partial charge in [0.15, 0.2) is 0 Å². The number of carbonyl (C=O) groups is 1. The fourth-order valence-corrected chi connectivity index (χ4v) is 4.98. The Bertz CT molecular complexity index is 1010. The number of aromatic nitrogens is 2. The van der Waals surface area contributed by atoms with Crippen LogP contribution in [0.1, 0.15) is 34.5 Å². The minimum absolute atomic E-state index is 0.179. The van der Waals surface area contributed by atoms with Gasteiger partial charge in [0.05, 0.1) is 18.4 Å². The van der Waals surface area contributed by atoms with Gasteiger partial charge in [-0.25, -0.2) is 0 Å². The van der Waals surface area contributed by atoms with Crippen LogP contribution in [0.5, 0.6) is 5.75 Å². The van der Waals surface area contributed by atoms with Crippen LogP contribution in [0.15, 0.2) is 30.5 Å². The van der Waals surface area contributed by atoms with Gasteiger partial charge in [-0.1, -0.05) is 18.2 Å². The lowest BCUT2D eigenvalue weighted by atomic mass is 9.92. The third kappa shape index (κ3) is 5.44. The Hall–Kier alpha value is -2.43. The molecule has 1 N–H and O–H groups in total. The lowest BCUT2D eigenvalue weighted by molar-refractivity contribution is 0.0949. The molecule has 2 heterocycles. The van der Waals surface area contributed by atoms with Crippen LogP contribution in [0.25, 0.3) is 0 Å². The number of hydrogen-bond acceptors (Lipinski definition) is 5. The number of methoxy groups -OCH3 is 1. The molecule has 0 unspecified atom stereocenters. The largest absolute Gasteiger partial charge is 0.496 e. The van der Waals surface area contributed by atoms with Gasteiger partial charge in [-0.05, 0) is 31.2 Å². The molecule has 3 rings (SSSR count). The molecule has 31 heavy (non-hydrogen) atoms. The quantitative estimate of drug-likeness (QED) is 0.658. The second-order valence-corrected chi connectivity index (χ2v) is 10.1. The van der Waals surface area contributed by atoms with Crippen molar-refractivity contribution in [3.8, 4) is 5.75 Å². The molecular formula is C21H31N5O4S. The van der Waals surface area contributed by atoms with Crippen LogP contribution in [-0.4, -0.2) is 67.0 Å². The SMILES string of the molecule is COc1ccccc1CNC(=O)c1cn(C)nc1CC1CCN(S(=O)(=O)N(C)C)CC1. The summed E-state index contributed by atoms with van der Waals surface area (Å²) in [7, 11) is 3.12. The highest BCUT2D eigenvalue weighted by Crippen LogP contribution is 2.25. The van der Waals surface area contributed by atoms with E-state index in [4.69, 9.17) is 4.74 Å². The number of nitrogens with zero attached hydrogens (tertiary/aromatic N) is 4. The van der Waals surface area contributed by atoms with Gasteiger partial charge in [-0.2, -0.15) is 22.1 Å². The Morgan fingerprint density at radius 1 is 1.26 bits per heavy atom. The Labute approximate surface area is 184 Å². The summed E-state index contributed by atoms with van der Waals surface area (Å²) in [5.41, 5.74) is 2.20. The van der Waals surface area contributed by atoms with Gasteiger partial charge in [0.1, 0.15) is 5.75 Å². The van der Waals surface area contributed by atoms with Crippen molar-refractivity contribution >= 4 is 16.1 Å². The zero-order valence-corrected chi connectivity index (χ0v) is 19.4. The third-order valence-corrected chi connectivity index (χ3v) is 7.57. The Kier molecular flexibility index (Phi) is 7.34. The molecule has 1 aliphatic heterocycles. The smallest absolute Gasteiger partial charge is 0.281 e. The van der Waals surface area contributed by atoms with Crippen molar-refractivity contribution in [2.24, 2.45) is 13.0 Å². The monoisotopic (exact) mass is 449 g/mol. The number of hydrogen-bond donors (Lipinski definition) is 1. The first-order valence-electron chi connectivity index (χ1n) is 10.3. The maximum Gasteiger partial charge on any atom is 0.281 e. The fraction of sp³-hybridized carbons (Fsp3) is 0.524. The summed E-state index contributed by atoms with van der Waals surface area (Å²) >= 11 is 0. The summed E-state index contributed by atoms with van der Waals surface area (Å²) in [5, 5.41) is 7.46. The first-order valence-corrected chi connectivity index (χ1v) is 11.7. The number of nitrogens with one attached hydrogen (secondary N) is 1. The number of ether oxygens (including phenoxy) is 1. The molecule has 1 aromatic heterocycles. The molecule has 10 heteroatoms. The number of aryl methyl sites for hydroxylation is 1. The van der Waals surface area contributed by atoms with Crippen molar-refractivity contribution in [3.05, 3.63) is 47.3 Å². The van der Waals surface area contributed by atoms with E-state index in [1.54, 1.807) is 39.1 Å². The van der Waals surface area contributed by atoms with Crippen LogP contribution < -0.4 is 10.1 Å². The van der Waals surface area contributed by atoms with Gasteiger partial charge in [0, 0.05) is 52.5 Å². The average Bonchev–Trinajstić information content (AvgIpc) is 3.12. The molecule has 0 radical (unpaired) electrons. The second kappa shape index (κ2) is 9.80. The maximum absolute atomic E-state index is 12.9. The van der Waals surface area contributed by atoms with Crippen molar-refractivity contribution in [1.29, 1.82) is 0 Å². The minimum atomic E-state index is -3.38. The molecule has 170 valence electrons. The van der Waals surface area contributed by atoms with Crippen LogP contribution in [0.4, 0.5) is 0 Å². The zero-order valence-electron chi connectivity index (χ0n) is 18.5. The maximum atomic E-state index is 12.9. The molecule has 0 saturated carbocycles. The van der Waals surface area contributed by atoms with E-state index < -0.39 is 10.2 Å². The number of piperidine rings is 1. The van der Waals surface area contributed by atoms with Gasteiger partial charge in [-0.15, -0.1) is 0 Å². The second-order valence-electron chi connectivity index (χ2n) is 7.99. The lowest BCUT2D eigenvalue weighted by Crippen LogP contribution is -2.44. The number of amides is 1. The van der Waals surface area contributed by atoms with Crippen molar-refractivity contribution in [3.63, 3.8) is 0 Å². The van der Waals surface area contributed by atoms with Gasteiger partial charge in [0.25, 0.3) is 16.1 Å². The Morgan fingerprint density at radius 2 is 1.94 bits per heavy atom. The average molecular weight is 450 g/mol. The summed E-state index contributed by atoms with van der Waals surface area (Å²) in [4.78, 5) is 12.9. The third-order valence-electron chi connectivity index (χ3n) is 5.63. The summed E-state index contributed by atoms with van der Waals surface area (Å²) in [6.07, 6.45) is 3.87. The molecule has 1 fully saturated rings. The molecular weight excluding hydrogens is 418 g/mol. The molecule has 1 saturated heterocycles. The first kappa shape index (κ1) is 23.2. The molecule has 0 spiro atoms. The predicted octanol–water partition coefficient (Wildman–Crippen LogP) is 1.42. The van der Waals surface area contributed by atoms with E-state index in [-0.39, 0.29) is 11.8 Å². The highest BCUT2D eigenvalue weighted by Gasteiger charge is 2.30. The van der Waals surface area contributed by atoms with Crippen LogP contribution in [0.3, 0.4) is 0 Å². The normalized spacial score (nSPS) is 15.9.